The highest BCUT2D eigenvalue weighted by molar-refractivity contribution is 5.73. The van der Waals surface area contributed by atoms with Gasteiger partial charge in [0.15, 0.2) is 6.39 Å². The Morgan fingerprint density at radius 1 is 1.45 bits per heavy atom. The number of nitrogens with zero attached hydrogens (tertiary/aromatic N) is 1. The molecule has 0 aromatic carbocycles. The van der Waals surface area contributed by atoms with Crippen LogP contribution in [0, 0.1) is 12.8 Å². The Bertz CT molecular complexity index is 337. The summed E-state index contributed by atoms with van der Waals surface area (Å²) in [5.41, 5.74) is 0. The molecular weight excluding hydrogens is 256 g/mol. The topological polar surface area (TPSA) is 75.4 Å². The van der Waals surface area contributed by atoms with Crippen molar-refractivity contribution >= 4 is 5.97 Å². The Morgan fingerprint density at radius 3 is 2.50 bits per heavy atom. The molecule has 0 radical (unpaired) electrons. The standard InChI is InChI=1S/C11H23NO2.C4H5NO/c1-4-5-6-7-12-10(11(13)14)8-9(2)3;1-4-2-5-3-6-4/h9-10,12H,4-8H2,1-3H3,(H,13,14);2-3H,1H3/t10-;/m0./s1. The van der Waals surface area contributed by atoms with Crippen LogP contribution in [0.2, 0.25) is 0 Å². The molecule has 20 heavy (non-hydrogen) atoms. The summed E-state index contributed by atoms with van der Waals surface area (Å²) in [5.74, 6) is 0.556. The number of carboxylic acids is 1. The fourth-order valence-corrected chi connectivity index (χ4v) is 1.67. The Balaban J connectivity index is 0.000000493. The molecule has 116 valence electrons. The number of aromatic nitrogens is 1. The first-order valence-electron chi connectivity index (χ1n) is 7.28. The SMILES string of the molecule is CCCCCN[C@@H](CC(C)C)C(=O)O.Cc1cnco1. The van der Waals surface area contributed by atoms with Crippen LogP contribution >= 0.6 is 0 Å². The molecule has 5 heteroatoms. The van der Waals surface area contributed by atoms with Gasteiger partial charge in [0, 0.05) is 0 Å². The van der Waals surface area contributed by atoms with Crippen molar-refractivity contribution in [1.82, 2.24) is 10.3 Å². The minimum atomic E-state index is -0.727. The second-order valence-corrected chi connectivity index (χ2v) is 5.29. The molecule has 1 rings (SSSR count). The summed E-state index contributed by atoms with van der Waals surface area (Å²) < 4.78 is 4.72. The third-order valence-electron chi connectivity index (χ3n) is 2.73. The van der Waals surface area contributed by atoms with Crippen LogP contribution in [0.3, 0.4) is 0 Å². The van der Waals surface area contributed by atoms with Gasteiger partial charge in [-0.25, -0.2) is 4.98 Å². The minimum Gasteiger partial charge on any atom is -0.480 e. The quantitative estimate of drug-likeness (QED) is 0.717. The molecular formula is C15H28N2O3. The van der Waals surface area contributed by atoms with Crippen molar-refractivity contribution in [3.63, 3.8) is 0 Å². The fourth-order valence-electron chi connectivity index (χ4n) is 1.67. The molecule has 5 nitrogen and oxygen atoms in total. The van der Waals surface area contributed by atoms with Gasteiger partial charge >= 0.3 is 5.97 Å². The predicted octanol–water partition coefficient (Wildman–Crippen LogP) is 3.25. The number of oxazole rings is 1. The number of hydrogen-bond acceptors (Lipinski definition) is 4. The van der Waals surface area contributed by atoms with Gasteiger partial charge in [0.05, 0.1) is 6.20 Å². The average molecular weight is 284 g/mol. The molecule has 0 unspecified atom stereocenters. The summed E-state index contributed by atoms with van der Waals surface area (Å²) in [6, 6.07) is -0.369. The normalized spacial score (nSPS) is 11.8. The smallest absolute Gasteiger partial charge is 0.320 e. The predicted molar refractivity (Wildman–Crippen MR) is 79.6 cm³/mol. The Morgan fingerprint density at radius 2 is 2.15 bits per heavy atom. The van der Waals surface area contributed by atoms with Gasteiger partial charge in [0.1, 0.15) is 11.8 Å². The van der Waals surface area contributed by atoms with Gasteiger partial charge in [0.2, 0.25) is 0 Å². The number of nitrogens with one attached hydrogen (secondary N) is 1. The second-order valence-electron chi connectivity index (χ2n) is 5.29. The van der Waals surface area contributed by atoms with Crippen LogP contribution in [0.15, 0.2) is 17.0 Å². The Labute approximate surface area is 121 Å². The molecule has 1 heterocycles. The number of carboxylic acid groups (broad SMARTS) is 1. The maximum absolute atomic E-state index is 10.8. The molecule has 1 aromatic rings. The largest absolute Gasteiger partial charge is 0.480 e. The van der Waals surface area contributed by atoms with Gasteiger partial charge in [-0.2, -0.15) is 0 Å². The summed E-state index contributed by atoms with van der Waals surface area (Å²) in [6.07, 6.45) is 7.19. The third-order valence-corrected chi connectivity index (χ3v) is 2.73. The summed E-state index contributed by atoms with van der Waals surface area (Å²) >= 11 is 0. The van der Waals surface area contributed by atoms with Gasteiger partial charge < -0.3 is 14.8 Å². The first-order valence-corrected chi connectivity index (χ1v) is 7.28. The zero-order chi connectivity index (χ0) is 15.4. The van der Waals surface area contributed by atoms with E-state index in [4.69, 9.17) is 9.52 Å². The van der Waals surface area contributed by atoms with Gasteiger partial charge in [-0.3, -0.25) is 4.79 Å². The zero-order valence-electron chi connectivity index (χ0n) is 13.1. The van der Waals surface area contributed by atoms with Crippen LogP contribution < -0.4 is 5.32 Å². The van der Waals surface area contributed by atoms with Gasteiger partial charge in [-0.1, -0.05) is 33.6 Å². The van der Waals surface area contributed by atoms with Crippen LogP contribution in [0.4, 0.5) is 0 Å². The van der Waals surface area contributed by atoms with E-state index >= 15 is 0 Å². The lowest BCUT2D eigenvalue weighted by atomic mass is 10.0. The summed E-state index contributed by atoms with van der Waals surface area (Å²) in [6.45, 7) is 8.90. The van der Waals surface area contributed by atoms with Crippen LogP contribution in [0.1, 0.15) is 52.2 Å². The highest BCUT2D eigenvalue weighted by Gasteiger charge is 2.17. The molecule has 0 fully saturated rings. The van der Waals surface area contributed by atoms with E-state index in [0.717, 1.165) is 18.7 Å². The maximum atomic E-state index is 10.8. The molecule has 0 aliphatic carbocycles. The first-order chi connectivity index (χ1) is 9.47. The van der Waals surface area contributed by atoms with E-state index in [0.29, 0.717) is 12.3 Å². The summed E-state index contributed by atoms with van der Waals surface area (Å²) in [5, 5.41) is 12.0. The molecule has 1 aromatic heterocycles. The third kappa shape index (κ3) is 10.6. The van der Waals surface area contributed by atoms with Gasteiger partial charge in [0.25, 0.3) is 0 Å². The first kappa shape index (κ1) is 18.6. The van der Waals surface area contributed by atoms with Crippen molar-refractivity contribution in [2.45, 2.75) is 59.4 Å². The maximum Gasteiger partial charge on any atom is 0.320 e. The number of hydrogen-bond donors (Lipinski definition) is 2. The van der Waals surface area contributed by atoms with E-state index in [1.165, 1.54) is 19.2 Å². The van der Waals surface area contributed by atoms with Crippen LogP contribution in [0.25, 0.3) is 0 Å². The Kier molecular flexibility index (Phi) is 10.7. The molecule has 2 N–H and O–H groups in total. The highest BCUT2D eigenvalue weighted by atomic mass is 16.4. The monoisotopic (exact) mass is 284 g/mol. The highest BCUT2D eigenvalue weighted by Crippen LogP contribution is 2.05. The lowest BCUT2D eigenvalue weighted by Gasteiger charge is -2.16. The Hall–Kier alpha value is -1.36. The number of rotatable bonds is 8. The lowest BCUT2D eigenvalue weighted by Crippen LogP contribution is -2.38. The molecule has 0 saturated carbocycles. The second kappa shape index (κ2) is 11.5. The van der Waals surface area contributed by atoms with Crippen molar-refractivity contribution in [1.29, 1.82) is 0 Å². The van der Waals surface area contributed by atoms with Crippen molar-refractivity contribution in [2.75, 3.05) is 6.54 Å². The van der Waals surface area contributed by atoms with Gasteiger partial charge in [-0.05, 0) is 32.2 Å². The number of carbonyl (C=O) groups is 1. The molecule has 0 amide bonds. The van der Waals surface area contributed by atoms with Crippen molar-refractivity contribution in [3.8, 4) is 0 Å². The van der Waals surface area contributed by atoms with Crippen molar-refractivity contribution in [3.05, 3.63) is 18.4 Å². The molecule has 0 aliphatic heterocycles. The van der Waals surface area contributed by atoms with E-state index in [1.54, 1.807) is 6.20 Å². The van der Waals surface area contributed by atoms with E-state index in [-0.39, 0.29) is 6.04 Å². The molecule has 0 bridgehead atoms. The molecule has 1 atom stereocenters. The van der Waals surface area contributed by atoms with E-state index < -0.39 is 5.97 Å². The lowest BCUT2D eigenvalue weighted by molar-refractivity contribution is -0.139. The average Bonchev–Trinajstić information content (AvgIpc) is 2.84. The molecule has 0 spiro atoms. The van der Waals surface area contributed by atoms with E-state index in [2.05, 4.69) is 17.2 Å². The molecule has 0 aliphatic rings. The summed E-state index contributed by atoms with van der Waals surface area (Å²) in [7, 11) is 0. The zero-order valence-corrected chi connectivity index (χ0v) is 13.1. The van der Waals surface area contributed by atoms with Crippen LogP contribution in [-0.4, -0.2) is 28.6 Å². The van der Waals surface area contributed by atoms with E-state index in [1.807, 2.05) is 20.8 Å². The van der Waals surface area contributed by atoms with Gasteiger partial charge in [-0.15, -0.1) is 0 Å². The number of aryl methyl sites for hydroxylation is 1. The molecule has 0 saturated heterocycles. The van der Waals surface area contributed by atoms with Crippen LogP contribution in [0.5, 0.6) is 0 Å². The minimum absolute atomic E-state index is 0.369. The fraction of sp³-hybridized carbons (Fsp3) is 0.733. The van der Waals surface area contributed by atoms with E-state index in [9.17, 15) is 4.79 Å². The van der Waals surface area contributed by atoms with Crippen molar-refractivity contribution < 1.29 is 14.3 Å². The van der Waals surface area contributed by atoms with Crippen molar-refractivity contribution in [2.24, 2.45) is 5.92 Å². The van der Waals surface area contributed by atoms with Crippen LogP contribution in [-0.2, 0) is 4.79 Å². The number of aliphatic carboxylic acids is 1. The number of unbranched alkanes of at least 4 members (excludes halogenated alkanes) is 2. The summed E-state index contributed by atoms with van der Waals surface area (Å²) in [4.78, 5) is 14.5.